The van der Waals surface area contributed by atoms with Crippen LogP contribution in [-0.4, -0.2) is 74.5 Å². The standard InChI is InChI=1S/C11H24N2O2/c1-11(8-13(4)5)10(14)9(7-15-11)6-12(2)3/h9-10,14H,6-8H2,1-5H3/t9-,10+,11+/m0/s1. The normalized spacial score (nSPS) is 36.8. The van der Waals surface area contributed by atoms with Crippen molar-refractivity contribution in [3.05, 3.63) is 0 Å². The molecule has 0 amide bonds. The summed E-state index contributed by atoms with van der Waals surface area (Å²) in [6, 6.07) is 0. The fourth-order valence-corrected chi connectivity index (χ4v) is 2.36. The first kappa shape index (κ1) is 12.9. The van der Waals surface area contributed by atoms with Crippen molar-refractivity contribution in [3.8, 4) is 0 Å². The highest BCUT2D eigenvalue weighted by atomic mass is 16.5. The van der Waals surface area contributed by atoms with Crippen molar-refractivity contribution in [2.75, 3.05) is 47.9 Å². The zero-order valence-corrected chi connectivity index (χ0v) is 10.5. The van der Waals surface area contributed by atoms with Gasteiger partial charge in [-0.2, -0.15) is 0 Å². The van der Waals surface area contributed by atoms with Gasteiger partial charge in [0.1, 0.15) is 5.60 Å². The average molecular weight is 216 g/mol. The molecule has 1 rings (SSSR count). The minimum Gasteiger partial charge on any atom is -0.390 e. The summed E-state index contributed by atoms with van der Waals surface area (Å²) in [7, 11) is 8.05. The van der Waals surface area contributed by atoms with Crippen molar-refractivity contribution >= 4 is 0 Å². The lowest BCUT2D eigenvalue weighted by molar-refractivity contribution is -0.0596. The molecule has 0 aliphatic carbocycles. The summed E-state index contributed by atoms with van der Waals surface area (Å²) in [5.41, 5.74) is -0.413. The molecule has 0 saturated carbocycles. The second-order valence-electron chi connectivity index (χ2n) is 5.33. The summed E-state index contributed by atoms with van der Waals surface area (Å²) in [6.45, 7) is 4.29. The van der Waals surface area contributed by atoms with Gasteiger partial charge in [-0.1, -0.05) is 0 Å². The van der Waals surface area contributed by atoms with Gasteiger partial charge in [-0.25, -0.2) is 0 Å². The van der Waals surface area contributed by atoms with Gasteiger partial charge in [0.2, 0.25) is 0 Å². The molecule has 0 aromatic carbocycles. The van der Waals surface area contributed by atoms with E-state index >= 15 is 0 Å². The first-order valence-electron chi connectivity index (χ1n) is 5.46. The third-order valence-electron chi connectivity index (χ3n) is 2.93. The van der Waals surface area contributed by atoms with Crippen LogP contribution in [0.15, 0.2) is 0 Å². The molecule has 0 radical (unpaired) electrons. The zero-order chi connectivity index (χ0) is 11.6. The van der Waals surface area contributed by atoms with Gasteiger partial charge in [0, 0.05) is 19.0 Å². The van der Waals surface area contributed by atoms with E-state index in [4.69, 9.17) is 4.74 Å². The summed E-state index contributed by atoms with van der Waals surface area (Å²) in [5, 5.41) is 10.2. The number of nitrogens with zero attached hydrogens (tertiary/aromatic N) is 2. The molecule has 1 N–H and O–H groups in total. The second-order valence-corrected chi connectivity index (χ2v) is 5.33. The molecule has 15 heavy (non-hydrogen) atoms. The summed E-state index contributed by atoms with van der Waals surface area (Å²) >= 11 is 0. The topological polar surface area (TPSA) is 35.9 Å². The monoisotopic (exact) mass is 216 g/mol. The number of rotatable bonds is 4. The summed E-state index contributed by atoms with van der Waals surface area (Å²) in [4.78, 5) is 4.15. The van der Waals surface area contributed by atoms with Gasteiger partial charge in [-0.05, 0) is 35.1 Å². The molecular weight excluding hydrogens is 192 g/mol. The first-order chi connectivity index (χ1) is 6.85. The second kappa shape index (κ2) is 4.78. The van der Waals surface area contributed by atoms with Gasteiger partial charge >= 0.3 is 0 Å². The minimum absolute atomic E-state index is 0.227. The van der Waals surface area contributed by atoms with Crippen LogP contribution in [0.4, 0.5) is 0 Å². The Morgan fingerprint density at radius 3 is 2.33 bits per heavy atom. The molecule has 0 bridgehead atoms. The lowest BCUT2D eigenvalue weighted by atomic mass is 9.91. The van der Waals surface area contributed by atoms with Crippen molar-refractivity contribution in [2.45, 2.75) is 18.6 Å². The quantitative estimate of drug-likeness (QED) is 0.710. The highest BCUT2D eigenvalue weighted by Gasteiger charge is 2.45. The molecule has 1 aliphatic rings. The van der Waals surface area contributed by atoms with Crippen LogP contribution in [0.2, 0.25) is 0 Å². The van der Waals surface area contributed by atoms with Crippen molar-refractivity contribution in [2.24, 2.45) is 5.92 Å². The summed E-state index contributed by atoms with van der Waals surface area (Å²) < 4.78 is 5.76. The Bertz CT molecular complexity index is 209. The first-order valence-corrected chi connectivity index (χ1v) is 5.46. The minimum atomic E-state index is -0.413. The Kier molecular flexibility index (Phi) is 4.12. The molecule has 0 spiro atoms. The summed E-state index contributed by atoms with van der Waals surface area (Å²) in [6.07, 6.45) is -0.373. The van der Waals surface area contributed by atoms with Crippen molar-refractivity contribution in [3.63, 3.8) is 0 Å². The molecule has 3 atom stereocenters. The molecule has 4 heteroatoms. The van der Waals surface area contributed by atoms with Crippen LogP contribution < -0.4 is 0 Å². The largest absolute Gasteiger partial charge is 0.390 e. The number of ether oxygens (including phenoxy) is 1. The molecular formula is C11H24N2O2. The third kappa shape index (κ3) is 3.14. The fraction of sp³-hybridized carbons (Fsp3) is 1.00. The Morgan fingerprint density at radius 2 is 1.87 bits per heavy atom. The predicted molar refractivity (Wildman–Crippen MR) is 61.0 cm³/mol. The van der Waals surface area contributed by atoms with E-state index in [1.54, 1.807) is 0 Å². The van der Waals surface area contributed by atoms with Gasteiger partial charge in [0.15, 0.2) is 0 Å². The SMILES string of the molecule is CN(C)C[C@H]1CO[C@](C)(CN(C)C)[C@@H]1O. The van der Waals surface area contributed by atoms with Crippen LogP contribution in [-0.2, 0) is 4.74 Å². The van der Waals surface area contributed by atoms with Crippen molar-refractivity contribution < 1.29 is 9.84 Å². The van der Waals surface area contributed by atoms with E-state index in [1.807, 2.05) is 35.1 Å². The molecule has 0 aromatic heterocycles. The zero-order valence-electron chi connectivity index (χ0n) is 10.5. The molecule has 0 aromatic rings. The third-order valence-corrected chi connectivity index (χ3v) is 2.93. The lowest BCUT2D eigenvalue weighted by Crippen LogP contribution is -2.47. The molecule has 1 aliphatic heterocycles. The maximum absolute atomic E-state index is 10.2. The molecule has 1 saturated heterocycles. The van der Waals surface area contributed by atoms with E-state index in [0.717, 1.165) is 13.1 Å². The Morgan fingerprint density at radius 1 is 1.27 bits per heavy atom. The summed E-state index contributed by atoms with van der Waals surface area (Å²) in [5.74, 6) is 0.227. The molecule has 1 fully saturated rings. The number of hydrogen-bond acceptors (Lipinski definition) is 4. The van der Waals surface area contributed by atoms with Crippen LogP contribution in [0.3, 0.4) is 0 Å². The van der Waals surface area contributed by atoms with E-state index in [1.165, 1.54) is 0 Å². The van der Waals surface area contributed by atoms with Crippen LogP contribution in [0.1, 0.15) is 6.92 Å². The van der Waals surface area contributed by atoms with Gasteiger partial charge in [0.05, 0.1) is 12.7 Å². The van der Waals surface area contributed by atoms with Crippen LogP contribution in [0.5, 0.6) is 0 Å². The van der Waals surface area contributed by atoms with E-state index in [0.29, 0.717) is 6.61 Å². The van der Waals surface area contributed by atoms with Crippen molar-refractivity contribution in [1.82, 2.24) is 9.80 Å². The maximum Gasteiger partial charge on any atom is 0.104 e. The van der Waals surface area contributed by atoms with E-state index in [-0.39, 0.29) is 12.0 Å². The Balaban J connectivity index is 2.57. The highest BCUT2D eigenvalue weighted by molar-refractivity contribution is 4.96. The predicted octanol–water partition coefficient (Wildman–Crippen LogP) is -0.124. The number of aliphatic hydroxyl groups excluding tert-OH is 1. The smallest absolute Gasteiger partial charge is 0.104 e. The van der Waals surface area contributed by atoms with Gasteiger partial charge in [-0.3, -0.25) is 0 Å². The number of likely N-dealkylation sites (N-methyl/N-ethyl adjacent to an activating group) is 1. The van der Waals surface area contributed by atoms with E-state index < -0.39 is 5.60 Å². The number of aliphatic hydroxyl groups is 1. The van der Waals surface area contributed by atoms with E-state index in [2.05, 4.69) is 9.80 Å². The van der Waals surface area contributed by atoms with Crippen LogP contribution >= 0.6 is 0 Å². The lowest BCUT2D eigenvalue weighted by Gasteiger charge is -2.31. The average Bonchev–Trinajstić information content (AvgIpc) is 2.31. The Hall–Kier alpha value is -0.160. The molecule has 1 heterocycles. The van der Waals surface area contributed by atoms with Gasteiger partial charge in [0.25, 0.3) is 0 Å². The van der Waals surface area contributed by atoms with Crippen LogP contribution in [0.25, 0.3) is 0 Å². The Labute approximate surface area is 92.8 Å². The van der Waals surface area contributed by atoms with Crippen LogP contribution in [0, 0.1) is 5.92 Å². The maximum atomic E-state index is 10.2. The van der Waals surface area contributed by atoms with Gasteiger partial charge in [-0.15, -0.1) is 0 Å². The van der Waals surface area contributed by atoms with Gasteiger partial charge < -0.3 is 19.6 Å². The molecule has 90 valence electrons. The van der Waals surface area contributed by atoms with E-state index in [9.17, 15) is 5.11 Å². The fourth-order valence-electron chi connectivity index (χ4n) is 2.36. The van der Waals surface area contributed by atoms with Crippen molar-refractivity contribution in [1.29, 1.82) is 0 Å². The molecule has 4 nitrogen and oxygen atoms in total. The number of hydrogen-bond donors (Lipinski definition) is 1. The highest BCUT2D eigenvalue weighted by Crippen LogP contribution is 2.31. The molecule has 0 unspecified atom stereocenters.